The van der Waals surface area contributed by atoms with Crippen molar-refractivity contribution in [3.05, 3.63) is 16.1 Å². The van der Waals surface area contributed by atoms with Gasteiger partial charge in [0, 0.05) is 23.0 Å². The molecule has 2 atom stereocenters. The number of nitrogens with two attached hydrogens (primary N) is 1. The van der Waals surface area contributed by atoms with E-state index in [1.54, 1.807) is 11.3 Å². The zero-order chi connectivity index (χ0) is 13.2. The Morgan fingerprint density at radius 1 is 1.56 bits per heavy atom. The quantitative estimate of drug-likeness (QED) is 0.897. The van der Waals surface area contributed by atoms with Crippen LogP contribution < -0.4 is 5.73 Å². The summed E-state index contributed by atoms with van der Waals surface area (Å²) in [5.41, 5.74) is 7.77. The molecule has 1 saturated carbocycles. The Kier molecular flexibility index (Phi) is 4.44. The van der Waals surface area contributed by atoms with Crippen LogP contribution in [-0.4, -0.2) is 10.5 Å². The van der Waals surface area contributed by atoms with Crippen molar-refractivity contribution >= 4 is 11.3 Å². The zero-order valence-corrected chi connectivity index (χ0v) is 12.7. The van der Waals surface area contributed by atoms with E-state index in [0.29, 0.717) is 0 Å². The minimum Gasteiger partial charge on any atom is -0.325 e. The van der Waals surface area contributed by atoms with Crippen LogP contribution in [0.25, 0.3) is 0 Å². The van der Waals surface area contributed by atoms with Crippen molar-refractivity contribution in [2.45, 2.75) is 64.8 Å². The lowest BCUT2D eigenvalue weighted by atomic mass is 9.72. The molecule has 1 aromatic heterocycles. The van der Waals surface area contributed by atoms with Crippen molar-refractivity contribution in [1.29, 1.82) is 0 Å². The standard InChI is InChI=1S/C15H26N2S/c1-11(2)7-13-5-4-6-15(16,8-13)9-14-17-12(3)10-18-14/h10-11,13H,4-9,16H2,1-3H3. The van der Waals surface area contributed by atoms with E-state index < -0.39 is 0 Å². The average molecular weight is 266 g/mol. The molecule has 0 spiro atoms. The summed E-state index contributed by atoms with van der Waals surface area (Å²) in [4.78, 5) is 4.57. The van der Waals surface area contributed by atoms with Crippen LogP contribution >= 0.6 is 11.3 Å². The third-order valence-electron chi connectivity index (χ3n) is 3.96. The molecule has 18 heavy (non-hydrogen) atoms. The van der Waals surface area contributed by atoms with Gasteiger partial charge in [0.15, 0.2) is 0 Å². The highest BCUT2D eigenvalue weighted by Crippen LogP contribution is 2.36. The molecule has 0 radical (unpaired) electrons. The topological polar surface area (TPSA) is 38.9 Å². The van der Waals surface area contributed by atoms with Crippen LogP contribution in [0.2, 0.25) is 0 Å². The molecule has 1 heterocycles. The Hall–Kier alpha value is -0.410. The summed E-state index contributed by atoms with van der Waals surface area (Å²) in [6, 6.07) is 0. The highest BCUT2D eigenvalue weighted by atomic mass is 32.1. The van der Waals surface area contributed by atoms with Crippen LogP contribution in [0, 0.1) is 18.8 Å². The zero-order valence-electron chi connectivity index (χ0n) is 11.9. The van der Waals surface area contributed by atoms with Gasteiger partial charge in [-0.2, -0.15) is 0 Å². The van der Waals surface area contributed by atoms with Crippen molar-refractivity contribution in [2.24, 2.45) is 17.6 Å². The van der Waals surface area contributed by atoms with E-state index in [1.807, 2.05) is 0 Å². The summed E-state index contributed by atoms with van der Waals surface area (Å²) in [6.45, 7) is 6.69. The summed E-state index contributed by atoms with van der Waals surface area (Å²) in [7, 11) is 0. The lowest BCUT2D eigenvalue weighted by Gasteiger charge is -2.38. The third kappa shape index (κ3) is 3.79. The van der Waals surface area contributed by atoms with E-state index in [4.69, 9.17) is 5.73 Å². The highest BCUT2D eigenvalue weighted by molar-refractivity contribution is 7.09. The first kappa shape index (κ1) is 14.0. The number of aromatic nitrogens is 1. The molecule has 2 unspecified atom stereocenters. The summed E-state index contributed by atoms with van der Waals surface area (Å²) in [6.07, 6.45) is 7.31. The summed E-state index contributed by atoms with van der Waals surface area (Å²) < 4.78 is 0. The molecule has 2 N–H and O–H groups in total. The predicted octanol–water partition coefficient (Wildman–Crippen LogP) is 3.93. The SMILES string of the molecule is Cc1csc(CC2(N)CCCC(CC(C)C)C2)n1. The number of rotatable bonds is 4. The molecule has 2 rings (SSSR count). The molecule has 2 nitrogen and oxygen atoms in total. The van der Waals surface area contributed by atoms with E-state index in [9.17, 15) is 0 Å². The van der Waals surface area contributed by atoms with Crippen LogP contribution in [-0.2, 0) is 6.42 Å². The normalized spacial score (nSPS) is 28.8. The molecule has 102 valence electrons. The first-order valence-electron chi connectivity index (χ1n) is 7.17. The van der Waals surface area contributed by atoms with Gasteiger partial charge in [0.1, 0.15) is 0 Å². The number of nitrogens with zero attached hydrogens (tertiary/aromatic N) is 1. The minimum atomic E-state index is 0.00208. The third-order valence-corrected chi connectivity index (χ3v) is 4.92. The summed E-state index contributed by atoms with van der Waals surface area (Å²) in [5.74, 6) is 1.62. The second-order valence-electron chi connectivity index (χ2n) is 6.51. The van der Waals surface area contributed by atoms with Crippen LogP contribution in [0.5, 0.6) is 0 Å². The highest BCUT2D eigenvalue weighted by Gasteiger charge is 2.33. The van der Waals surface area contributed by atoms with Gasteiger partial charge in [-0.1, -0.05) is 26.7 Å². The molecule has 0 amide bonds. The van der Waals surface area contributed by atoms with Gasteiger partial charge >= 0.3 is 0 Å². The van der Waals surface area contributed by atoms with Gasteiger partial charge in [0.2, 0.25) is 0 Å². The van der Waals surface area contributed by atoms with Crippen LogP contribution in [0.15, 0.2) is 5.38 Å². The molecule has 0 aliphatic heterocycles. The molecule has 1 fully saturated rings. The van der Waals surface area contributed by atoms with E-state index in [1.165, 1.54) is 37.1 Å². The van der Waals surface area contributed by atoms with Crippen molar-refractivity contribution in [2.75, 3.05) is 0 Å². The van der Waals surface area contributed by atoms with E-state index in [2.05, 4.69) is 31.1 Å². The Balaban J connectivity index is 1.97. The van der Waals surface area contributed by atoms with Gasteiger partial charge in [-0.05, 0) is 38.0 Å². The molecule has 0 aromatic carbocycles. The number of hydrogen-bond donors (Lipinski definition) is 1. The molecule has 1 aromatic rings. The van der Waals surface area contributed by atoms with Gasteiger partial charge < -0.3 is 5.73 Å². The first-order chi connectivity index (χ1) is 8.47. The maximum atomic E-state index is 6.63. The largest absolute Gasteiger partial charge is 0.325 e. The van der Waals surface area contributed by atoms with Crippen LogP contribution in [0.1, 0.15) is 56.7 Å². The minimum absolute atomic E-state index is 0.00208. The summed E-state index contributed by atoms with van der Waals surface area (Å²) >= 11 is 1.77. The van der Waals surface area contributed by atoms with Gasteiger partial charge in [-0.25, -0.2) is 4.98 Å². The van der Waals surface area contributed by atoms with E-state index in [0.717, 1.165) is 24.0 Å². The molecular formula is C15H26N2S. The summed E-state index contributed by atoms with van der Waals surface area (Å²) in [5, 5.41) is 3.35. The molecule has 1 aliphatic rings. The number of aryl methyl sites for hydroxylation is 1. The number of hydrogen-bond acceptors (Lipinski definition) is 3. The first-order valence-corrected chi connectivity index (χ1v) is 8.05. The molecule has 0 bridgehead atoms. The predicted molar refractivity (Wildman–Crippen MR) is 78.9 cm³/mol. The van der Waals surface area contributed by atoms with Crippen molar-refractivity contribution in [3.63, 3.8) is 0 Å². The van der Waals surface area contributed by atoms with Crippen LogP contribution in [0.3, 0.4) is 0 Å². The van der Waals surface area contributed by atoms with Crippen LogP contribution in [0.4, 0.5) is 0 Å². The number of thiazole rings is 1. The monoisotopic (exact) mass is 266 g/mol. The Morgan fingerprint density at radius 2 is 2.33 bits per heavy atom. The molecule has 3 heteroatoms. The van der Waals surface area contributed by atoms with Crippen molar-refractivity contribution < 1.29 is 0 Å². The maximum Gasteiger partial charge on any atom is 0.0946 e. The van der Waals surface area contributed by atoms with Gasteiger partial charge in [0.25, 0.3) is 0 Å². The fourth-order valence-electron chi connectivity index (χ4n) is 3.34. The Labute approximate surface area is 115 Å². The van der Waals surface area contributed by atoms with Crippen molar-refractivity contribution in [1.82, 2.24) is 4.98 Å². The molecular weight excluding hydrogens is 240 g/mol. The van der Waals surface area contributed by atoms with Crippen molar-refractivity contribution in [3.8, 4) is 0 Å². The van der Waals surface area contributed by atoms with E-state index >= 15 is 0 Å². The smallest absolute Gasteiger partial charge is 0.0946 e. The lowest BCUT2D eigenvalue weighted by Crippen LogP contribution is -2.46. The second kappa shape index (κ2) is 5.70. The van der Waals surface area contributed by atoms with E-state index in [-0.39, 0.29) is 5.54 Å². The lowest BCUT2D eigenvalue weighted by molar-refractivity contribution is 0.200. The second-order valence-corrected chi connectivity index (χ2v) is 7.46. The maximum absolute atomic E-state index is 6.63. The van der Waals surface area contributed by atoms with Gasteiger partial charge in [-0.15, -0.1) is 11.3 Å². The Bertz CT molecular complexity index is 386. The Morgan fingerprint density at radius 3 is 2.94 bits per heavy atom. The average Bonchev–Trinajstić information content (AvgIpc) is 2.62. The van der Waals surface area contributed by atoms with Gasteiger partial charge in [-0.3, -0.25) is 0 Å². The molecule has 0 saturated heterocycles. The van der Waals surface area contributed by atoms with Gasteiger partial charge in [0.05, 0.1) is 5.01 Å². The fourth-order valence-corrected chi connectivity index (χ4v) is 4.26. The molecule has 1 aliphatic carbocycles. The fraction of sp³-hybridized carbons (Fsp3) is 0.800.